The molecule has 1 unspecified atom stereocenters. The number of methoxy groups -OCH3 is 1. The number of allylic oxidation sites excluding steroid dienone is 1. The normalized spacial score (nSPS) is 16.2. The lowest BCUT2D eigenvalue weighted by Crippen LogP contribution is -2.45. The molecule has 2 amide bonds. The quantitative estimate of drug-likeness (QED) is 0.648. The van der Waals surface area contributed by atoms with E-state index >= 15 is 0 Å². The van der Waals surface area contributed by atoms with Crippen LogP contribution in [0.1, 0.15) is 35.2 Å². The Morgan fingerprint density at radius 1 is 1.14 bits per heavy atom. The highest BCUT2D eigenvalue weighted by Crippen LogP contribution is 2.32. The maximum atomic E-state index is 12.4. The van der Waals surface area contributed by atoms with Gasteiger partial charge >= 0.3 is 12.0 Å². The first kappa shape index (κ1) is 20.9. The number of benzene rings is 2. The largest absolute Gasteiger partial charge is 0.489 e. The first-order chi connectivity index (χ1) is 13.8. The van der Waals surface area contributed by atoms with Gasteiger partial charge in [0.1, 0.15) is 12.4 Å². The monoisotopic (exact) mass is 458 g/mol. The Morgan fingerprint density at radius 3 is 2.48 bits per heavy atom. The number of carbonyl (C=O) groups excluding carboxylic acids is 2. The first-order valence-electron chi connectivity index (χ1n) is 9.15. The van der Waals surface area contributed by atoms with E-state index in [1.54, 1.807) is 6.92 Å². The second-order valence-electron chi connectivity index (χ2n) is 6.94. The third-order valence-corrected chi connectivity index (χ3v) is 5.42. The zero-order valence-corrected chi connectivity index (χ0v) is 18.3. The summed E-state index contributed by atoms with van der Waals surface area (Å²) in [5.74, 6) is 0.283. The summed E-state index contributed by atoms with van der Waals surface area (Å²) in [6.07, 6.45) is 0. The lowest BCUT2D eigenvalue weighted by molar-refractivity contribution is -0.136. The van der Waals surface area contributed by atoms with Gasteiger partial charge in [-0.3, -0.25) is 0 Å². The molecule has 29 heavy (non-hydrogen) atoms. The van der Waals surface area contributed by atoms with Crippen LogP contribution in [0.25, 0.3) is 0 Å². The predicted octanol–water partition coefficient (Wildman–Crippen LogP) is 4.45. The molecule has 2 N–H and O–H groups in total. The third kappa shape index (κ3) is 4.62. The summed E-state index contributed by atoms with van der Waals surface area (Å²) in [4.78, 5) is 24.5. The molecule has 1 aliphatic heterocycles. The number of hydrogen-bond acceptors (Lipinski definition) is 4. The van der Waals surface area contributed by atoms with E-state index in [1.165, 1.54) is 7.11 Å². The molecule has 0 spiro atoms. The van der Waals surface area contributed by atoms with Crippen LogP contribution in [0, 0.1) is 13.8 Å². The summed E-state index contributed by atoms with van der Waals surface area (Å²) in [6.45, 7) is 6.01. The van der Waals surface area contributed by atoms with Crippen LogP contribution in [0.15, 0.2) is 52.1 Å². The maximum absolute atomic E-state index is 12.4. The molecule has 1 heterocycles. The Morgan fingerprint density at radius 2 is 1.83 bits per heavy atom. The number of ether oxygens (including phenoxy) is 2. The minimum atomic E-state index is -0.595. The van der Waals surface area contributed by atoms with Gasteiger partial charge in [0, 0.05) is 10.2 Å². The Labute approximate surface area is 178 Å². The average Bonchev–Trinajstić information content (AvgIpc) is 2.68. The Hall–Kier alpha value is -2.80. The highest BCUT2D eigenvalue weighted by atomic mass is 79.9. The molecule has 0 aliphatic carbocycles. The fraction of sp³-hybridized carbons (Fsp3) is 0.273. The van der Waals surface area contributed by atoms with Crippen molar-refractivity contribution in [3.05, 3.63) is 74.4 Å². The lowest BCUT2D eigenvalue weighted by Gasteiger charge is -2.29. The van der Waals surface area contributed by atoms with Gasteiger partial charge in [-0.15, -0.1) is 0 Å². The van der Waals surface area contributed by atoms with E-state index in [2.05, 4.69) is 32.6 Å². The smallest absolute Gasteiger partial charge is 0.337 e. The Kier molecular flexibility index (Phi) is 6.27. The van der Waals surface area contributed by atoms with E-state index in [0.29, 0.717) is 17.9 Å². The van der Waals surface area contributed by atoms with E-state index in [1.807, 2.05) is 44.2 Å². The summed E-state index contributed by atoms with van der Waals surface area (Å²) < 4.78 is 11.9. The molecule has 0 radical (unpaired) electrons. The summed E-state index contributed by atoms with van der Waals surface area (Å²) in [5.41, 5.74) is 4.66. The van der Waals surface area contributed by atoms with Crippen molar-refractivity contribution in [2.24, 2.45) is 0 Å². The van der Waals surface area contributed by atoms with Gasteiger partial charge in [0.15, 0.2) is 0 Å². The van der Waals surface area contributed by atoms with Crippen molar-refractivity contribution in [1.29, 1.82) is 0 Å². The Bertz CT molecular complexity index is 983. The third-order valence-electron chi connectivity index (χ3n) is 4.89. The van der Waals surface area contributed by atoms with Crippen LogP contribution in [-0.4, -0.2) is 19.1 Å². The van der Waals surface area contributed by atoms with Crippen LogP contribution in [-0.2, 0) is 16.1 Å². The summed E-state index contributed by atoms with van der Waals surface area (Å²) >= 11 is 3.41. The zero-order chi connectivity index (χ0) is 21.1. The summed E-state index contributed by atoms with van der Waals surface area (Å²) in [7, 11) is 1.33. The van der Waals surface area contributed by atoms with Crippen LogP contribution in [0.5, 0.6) is 5.75 Å². The highest BCUT2D eigenvalue weighted by Gasteiger charge is 2.33. The van der Waals surface area contributed by atoms with Crippen LogP contribution >= 0.6 is 15.9 Å². The van der Waals surface area contributed by atoms with Gasteiger partial charge in [-0.25, -0.2) is 9.59 Å². The van der Waals surface area contributed by atoms with Crippen LogP contribution in [0.2, 0.25) is 0 Å². The number of hydrogen-bond donors (Lipinski definition) is 2. The molecular weight excluding hydrogens is 436 g/mol. The van der Waals surface area contributed by atoms with Crippen molar-refractivity contribution < 1.29 is 19.1 Å². The number of urea groups is 1. The number of carbonyl (C=O) groups is 2. The number of aryl methyl sites for hydroxylation is 1. The molecule has 0 saturated heterocycles. The van der Waals surface area contributed by atoms with Crippen LogP contribution in [0.3, 0.4) is 0 Å². The van der Waals surface area contributed by atoms with Crippen LogP contribution < -0.4 is 15.4 Å². The van der Waals surface area contributed by atoms with Gasteiger partial charge in [0.25, 0.3) is 0 Å². The van der Waals surface area contributed by atoms with Gasteiger partial charge in [-0.1, -0.05) is 33.6 Å². The van der Waals surface area contributed by atoms with Crippen molar-refractivity contribution >= 4 is 27.9 Å². The lowest BCUT2D eigenvalue weighted by atomic mass is 9.89. The first-order valence-corrected chi connectivity index (χ1v) is 9.94. The van der Waals surface area contributed by atoms with E-state index in [4.69, 9.17) is 9.47 Å². The molecule has 0 saturated carbocycles. The maximum Gasteiger partial charge on any atom is 0.337 e. The topological polar surface area (TPSA) is 76.7 Å². The van der Waals surface area contributed by atoms with Crippen molar-refractivity contribution in [3.8, 4) is 5.75 Å². The summed E-state index contributed by atoms with van der Waals surface area (Å²) in [5, 5.41) is 5.49. The van der Waals surface area contributed by atoms with Gasteiger partial charge < -0.3 is 20.1 Å². The van der Waals surface area contributed by atoms with Gasteiger partial charge in [-0.05, 0) is 61.7 Å². The van der Waals surface area contributed by atoms with Crippen LogP contribution in [0.4, 0.5) is 4.79 Å². The van der Waals surface area contributed by atoms with E-state index in [9.17, 15) is 9.59 Å². The number of nitrogens with one attached hydrogen (secondary N) is 2. The molecule has 152 valence electrons. The molecule has 7 heteroatoms. The predicted molar refractivity (Wildman–Crippen MR) is 114 cm³/mol. The molecule has 1 atom stereocenters. The van der Waals surface area contributed by atoms with E-state index in [-0.39, 0.29) is 6.03 Å². The molecule has 1 aliphatic rings. The minimum Gasteiger partial charge on any atom is -0.489 e. The molecule has 3 rings (SSSR count). The summed E-state index contributed by atoms with van der Waals surface area (Å²) in [6, 6.07) is 10.7. The highest BCUT2D eigenvalue weighted by molar-refractivity contribution is 9.10. The second kappa shape index (κ2) is 8.69. The van der Waals surface area contributed by atoms with E-state index < -0.39 is 12.0 Å². The minimum absolute atomic E-state index is 0.353. The fourth-order valence-corrected chi connectivity index (χ4v) is 3.68. The SMILES string of the molecule is COC(=O)C1=C(C)NC(=O)NC1c1cc(C)cc(COc2ccc(Br)cc2)c1C. The van der Waals surface area contributed by atoms with Crippen molar-refractivity contribution in [3.63, 3.8) is 0 Å². The number of halogens is 1. The zero-order valence-electron chi connectivity index (χ0n) is 16.8. The standard InChI is InChI=1S/C22H23BrN2O4/c1-12-9-15(11-29-17-7-5-16(23)6-8-17)13(2)18(10-12)20-19(21(26)28-4)14(3)24-22(27)25-20/h5-10,20H,11H2,1-4H3,(H2,24,25,27). The van der Waals surface area contributed by atoms with Gasteiger partial charge in [0.05, 0.1) is 18.7 Å². The average molecular weight is 459 g/mol. The number of esters is 1. The fourth-order valence-electron chi connectivity index (χ4n) is 3.41. The van der Waals surface area contributed by atoms with Crippen molar-refractivity contribution in [2.75, 3.05) is 7.11 Å². The van der Waals surface area contributed by atoms with E-state index in [0.717, 1.165) is 32.5 Å². The van der Waals surface area contributed by atoms with Gasteiger partial charge in [0.2, 0.25) is 0 Å². The Balaban J connectivity index is 1.97. The van der Waals surface area contributed by atoms with Crippen molar-refractivity contribution in [2.45, 2.75) is 33.4 Å². The molecule has 2 aromatic rings. The molecule has 0 aromatic heterocycles. The molecule has 0 bridgehead atoms. The van der Waals surface area contributed by atoms with Gasteiger partial charge in [-0.2, -0.15) is 0 Å². The molecular formula is C22H23BrN2O4. The molecule has 2 aromatic carbocycles. The molecule has 0 fully saturated rings. The molecule has 6 nitrogen and oxygen atoms in total. The second-order valence-corrected chi connectivity index (χ2v) is 7.86. The number of rotatable bonds is 5. The number of amides is 2. The van der Waals surface area contributed by atoms with Crippen molar-refractivity contribution in [1.82, 2.24) is 10.6 Å².